The normalized spacial score (nSPS) is 14.3. The number of ether oxygens (including phenoxy) is 2. The van der Waals surface area contributed by atoms with E-state index < -0.39 is 17.6 Å². The van der Waals surface area contributed by atoms with E-state index in [0.29, 0.717) is 24.8 Å². The predicted molar refractivity (Wildman–Crippen MR) is 128 cm³/mol. The van der Waals surface area contributed by atoms with Gasteiger partial charge in [-0.3, -0.25) is 9.69 Å². The zero-order valence-electron chi connectivity index (χ0n) is 19.4. The van der Waals surface area contributed by atoms with E-state index in [1.807, 2.05) is 12.1 Å². The van der Waals surface area contributed by atoms with E-state index in [1.165, 1.54) is 12.1 Å². The molecule has 0 radical (unpaired) electrons. The third kappa shape index (κ3) is 7.15. The number of carbonyl (C=O) groups excluding carboxylic acids is 1. The van der Waals surface area contributed by atoms with Gasteiger partial charge >= 0.3 is 6.18 Å². The molecule has 11 heteroatoms. The zero-order valence-corrected chi connectivity index (χ0v) is 19.4. The van der Waals surface area contributed by atoms with E-state index in [9.17, 15) is 18.0 Å². The fourth-order valence-electron chi connectivity index (χ4n) is 3.60. The Morgan fingerprint density at radius 1 is 1.06 bits per heavy atom. The molecule has 2 N–H and O–H groups in total. The Morgan fingerprint density at radius 3 is 2.58 bits per heavy atom. The van der Waals surface area contributed by atoms with E-state index in [2.05, 4.69) is 25.5 Å². The van der Waals surface area contributed by atoms with Crippen molar-refractivity contribution in [2.45, 2.75) is 12.7 Å². The summed E-state index contributed by atoms with van der Waals surface area (Å²) in [6.07, 6.45) is -1.24. The van der Waals surface area contributed by atoms with Crippen LogP contribution in [0.3, 0.4) is 0 Å². The average molecular weight is 502 g/mol. The second-order valence-corrected chi connectivity index (χ2v) is 8.09. The molecule has 0 aliphatic carbocycles. The lowest BCUT2D eigenvalue weighted by Gasteiger charge is -2.26. The number of rotatable bonds is 9. The lowest BCUT2D eigenvalue weighted by atomic mass is 10.2. The Balaban J connectivity index is 1.33. The first-order valence-electron chi connectivity index (χ1n) is 11.4. The SMILES string of the molecule is O=C(Nc1ccc(C(F)(F)F)cc1)c1cccnc1NCc1ccnc(OCCN2CCOCC2)c1. The molecule has 0 spiro atoms. The second-order valence-electron chi connectivity index (χ2n) is 8.09. The number of morpholine rings is 1. The highest BCUT2D eigenvalue weighted by Gasteiger charge is 2.30. The van der Waals surface area contributed by atoms with Crippen LogP contribution in [0, 0.1) is 0 Å². The van der Waals surface area contributed by atoms with E-state index in [0.717, 1.165) is 50.5 Å². The summed E-state index contributed by atoms with van der Waals surface area (Å²) in [7, 11) is 0. The van der Waals surface area contributed by atoms with Gasteiger partial charge in [0, 0.05) is 50.3 Å². The van der Waals surface area contributed by atoms with Gasteiger partial charge in [0.05, 0.1) is 24.3 Å². The molecule has 0 unspecified atom stereocenters. The van der Waals surface area contributed by atoms with Gasteiger partial charge in [0.25, 0.3) is 5.91 Å². The van der Waals surface area contributed by atoms with Crippen molar-refractivity contribution in [3.63, 3.8) is 0 Å². The maximum absolute atomic E-state index is 12.8. The number of hydrogen-bond acceptors (Lipinski definition) is 7. The lowest BCUT2D eigenvalue weighted by Crippen LogP contribution is -2.38. The minimum absolute atomic E-state index is 0.246. The van der Waals surface area contributed by atoms with Crippen LogP contribution in [-0.2, 0) is 17.5 Å². The van der Waals surface area contributed by atoms with Crippen molar-refractivity contribution >= 4 is 17.4 Å². The van der Waals surface area contributed by atoms with Crippen molar-refractivity contribution in [2.75, 3.05) is 50.1 Å². The quantitative estimate of drug-likeness (QED) is 0.457. The number of alkyl halides is 3. The Hall–Kier alpha value is -3.70. The zero-order chi connectivity index (χ0) is 25.4. The van der Waals surface area contributed by atoms with Crippen LogP contribution in [0.2, 0.25) is 0 Å². The van der Waals surface area contributed by atoms with Crippen LogP contribution in [0.1, 0.15) is 21.5 Å². The summed E-state index contributed by atoms with van der Waals surface area (Å²) in [6.45, 7) is 4.91. The molecule has 1 saturated heterocycles. The van der Waals surface area contributed by atoms with Gasteiger partial charge in [-0.15, -0.1) is 0 Å². The molecule has 36 heavy (non-hydrogen) atoms. The molecular formula is C25H26F3N5O3. The monoisotopic (exact) mass is 501 g/mol. The molecule has 0 atom stereocenters. The molecule has 1 aromatic carbocycles. The topological polar surface area (TPSA) is 88.6 Å². The van der Waals surface area contributed by atoms with Crippen molar-refractivity contribution in [1.82, 2.24) is 14.9 Å². The number of halogens is 3. The highest BCUT2D eigenvalue weighted by Crippen LogP contribution is 2.30. The first-order chi connectivity index (χ1) is 17.4. The van der Waals surface area contributed by atoms with Gasteiger partial charge in [-0.25, -0.2) is 9.97 Å². The van der Waals surface area contributed by atoms with Gasteiger partial charge in [-0.1, -0.05) is 0 Å². The third-order valence-electron chi connectivity index (χ3n) is 5.54. The second kappa shape index (κ2) is 11.8. The molecule has 8 nitrogen and oxygen atoms in total. The van der Waals surface area contributed by atoms with Crippen molar-refractivity contribution in [3.8, 4) is 5.88 Å². The minimum Gasteiger partial charge on any atom is -0.476 e. The Labute approximate surface area is 206 Å². The van der Waals surface area contributed by atoms with Crippen LogP contribution in [-0.4, -0.2) is 60.2 Å². The van der Waals surface area contributed by atoms with E-state index >= 15 is 0 Å². The maximum atomic E-state index is 12.8. The maximum Gasteiger partial charge on any atom is 0.416 e. The first-order valence-corrected chi connectivity index (χ1v) is 11.4. The summed E-state index contributed by atoms with van der Waals surface area (Å²) in [5.41, 5.74) is 0.599. The molecule has 4 rings (SSSR count). The smallest absolute Gasteiger partial charge is 0.416 e. The standard InChI is InChI=1S/C25H26F3N5O3/c26-25(27,28)19-3-5-20(6-4-19)32-24(34)21-2-1-8-30-23(21)31-17-18-7-9-29-22(16-18)36-15-12-33-10-13-35-14-11-33/h1-9,16H,10-15,17H2,(H,30,31)(H,32,34). The molecule has 1 aliphatic heterocycles. The number of amides is 1. The first kappa shape index (κ1) is 25.4. The van der Waals surface area contributed by atoms with Crippen molar-refractivity contribution in [3.05, 3.63) is 77.6 Å². The molecule has 1 fully saturated rings. The summed E-state index contributed by atoms with van der Waals surface area (Å²) in [6, 6.07) is 11.1. The van der Waals surface area contributed by atoms with E-state index in [1.54, 1.807) is 24.5 Å². The third-order valence-corrected chi connectivity index (χ3v) is 5.54. The van der Waals surface area contributed by atoms with Gasteiger partial charge in [-0.2, -0.15) is 13.2 Å². The highest BCUT2D eigenvalue weighted by atomic mass is 19.4. The molecule has 0 bridgehead atoms. The molecule has 3 heterocycles. The summed E-state index contributed by atoms with van der Waals surface area (Å²) in [5.74, 6) is 0.351. The fourth-order valence-corrected chi connectivity index (χ4v) is 3.60. The number of anilines is 2. The van der Waals surface area contributed by atoms with Crippen LogP contribution in [0.5, 0.6) is 5.88 Å². The van der Waals surface area contributed by atoms with Crippen LogP contribution < -0.4 is 15.4 Å². The molecule has 0 saturated carbocycles. The van der Waals surface area contributed by atoms with Crippen LogP contribution in [0.25, 0.3) is 0 Å². The van der Waals surface area contributed by atoms with Crippen molar-refractivity contribution in [2.24, 2.45) is 0 Å². The number of aromatic nitrogens is 2. The van der Waals surface area contributed by atoms with Gasteiger partial charge in [0.1, 0.15) is 12.4 Å². The Bertz CT molecular complexity index is 1150. The van der Waals surface area contributed by atoms with E-state index in [-0.39, 0.29) is 11.3 Å². The molecule has 1 aliphatic rings. The van der Waals surface area contributed by atoms with Crippen LogP contribution >= 0.6 is 0 Å². The molecule has 190 valence electrons. The summed E-state index contributed by atoms with van der Waals surface area (Å²) < 4.78 is 49.4. The van der Waals surface area contributed by atoms with Crippen LogP contribution in [0.15, 0.2) is 60.9 Å². The molecule has 2 aromatic heterocycles. The van der Waals surface area contributed by atoms with Crippen molar-refractivity contribution in [1.29, 1.82) is 0 Å². The average Bonchev–Trinajstić information content (AvgIpc) is 2.88. The summed E-state index contributed by atoms with van der Waals surface area (Å²) in [4.78, 5) is 23.5. The number of pyridine rings is 2. The van der Waals surface area contributed by atoms with Gasteiger partial charge in [0.2, 0.25) is 5.88 Å². The highest BCUT2D eigenvalue weighted by molar-refractivity contribution is 6.07. The lowest BCUT2D eigenvalue weighted by molar-refractivity contribution is -0.137. The van der Waals surface area contributed by atoms with E-state index in [4.69, 9.17) is 9.47 Å². The van der Waals surface area contributed by atoms with Crippen LogP contribution in [0.4, 0.5) is 24.7 Å². The number of carbonyl (C=O) groups is 1. The largest absolute Gasteiger partial charge is 0.476 e. The summed E-state index contributed by atoms with van der Waals surface area (Å²) in [5, 5.41) is 5.74. The number of nitrogens with one attached hydrogen (secondary N) is 2. The molecule has 3 aromatic rings. The minimum atomic E-state index is -4.44. The Kier molecular flexibility index (Phi) is 8.34. The van der Waals surface area contributed by atoms with Gasteiger partial charge in [0.15, 0.2) is 0 Å². The fraction of sp³-hybridized carbons (Fsp3) is 0.320. The number of benzene rings is 1. The van der Waals surface area contributed by atoms with Crippen molar-refractivity contribution < 1.29 is 27.4 Å². The molecule has 1 amide bonds. The number of nitrogens with zero attached hydrogens (tertiary/aromatic N) is 3. The number of hydrogen-bond donors (Lipinski definition) is 2. The predicted octanol–water partition coefficient (Wildman–Crippen LogP) is 4.07. The Morgan fingerprint density at radius 2 is 1.83 bits per heavy atom. The summed E-state index contributed by atoms with van der Waals surface area (Å²) >= 11 is 0. The molecular weight excluding hydrogens is 475 g/mol. The van der Waals surface area contributed by atoms with Gasteiger partial charge < -0.3 is 20.1 Å². The van der Waals surface area contributed by atoms with Gasteiger partial charge in [-0.05, 0) is 48.0 Å².